The summed E-state index contributed by atoms with van der Waals surface area (Å²) in [7, 11) is 0. The fourth-order valence-electron chi connectivity index (χ4n) is 2.19. The minimum atomic E-state index is -0.159. The molecule has 94 valence electrons. The van der Waals surface area contributed by atoms with Crippen molar-refractivity contribution < 1.29 is 9.13 Å². The zero-order valence-corrected chi connectivity index (χ0v) is 10.5. The molecule has 0 radical (unpaired) electrons. The van der Waals surface area contributed by atoms with Crippen LogP contribution >= 0.6 is 0 Å². The Morgan fingerprint density at radius 1 is 1.41 bits per heavy atom. The largest absolute Gasteiger partial charge is 0.378 e. The van der Waals surface area contributed by atoms with Crippen LogP contribution in [0.2, 0.25) is 0 Å². The van der Waals surface area contributed by atoms with Gasteiger partial charge in [-0.1, -0.05) is 6.07 Å². The van der Waals surface area contributed by atoms with Gasteiger partial charge in [-0.2, -0.15) is 0 Å². The van der Waals surface area contributed by atoms with Crippen LogP contribution in [0.3, 0.4) is 0 Å². The Labute approximate surface area is 102 Å². The summed E-state index contributed by atoms with van der Waals surface area (Å²) in [5, 5.41) is 3.45. The molecule has 1 aliphatic carbocycles. The van der Waals surface area contributed by atoms with Crippen LogP contribution in [0.25, 0.3) is 0 Å². The number of ether oxygens (including phenoxy) is 1. The Balaban J connectivity index is 1.77. The molecule has 2 nitrogen and oxygen atoms in total. The third kappa shape index (κ3) is 3.27. The van der Waals surface area contributed by atoms with E-state index in [0.717, 1.165) is 37.1 Å². The molecule has 1 aromatic carbocycles. The predicted molar refractivity (Wildman–Crippen MR) is 66.4 cm³/mol. The molecule has 0 saturated heterocycles. The number of benzene rings is 1. The zero-order valence-electron chi connectivity index (χ0n) is 10.5. The van der Waals surface area contributed by atoms with Crippen molar-refractivity contribution in [3.63, 3.8) is 0 Å². The number of hydrogen-bond donors (Lipinski definition) is 1. The van der Waals surface area contributed by atoms with Crippen LogP contribution in [0.15, 0.2) is 18.2 Å². The molecule has 1 aromatic rings. The van der Waals surface area contributed by atoms with Crippen LogP contribution in [0.4, 0.5) is 4.39 Å². The van der Waals surface area contributed by atoms with Gasteiger partial charge in [-0.3, -0.25) is 0 Å². The Morgan fingerprint density at radius 2 is 2.18 bits per heavy atom. The van der Waals surface area contributed by atoms with E-state index in [1.165, 1.54) is 6.07 Å². The Bertz CT molecular complexity index is 374. The fraction of sp³-hybridized carbons (Fsp3) is 0.571. The van der Waals surface area contributed by atoms with Gasteiger partial charge in [0.1, 0.15) is 5.82 Å². The van der Waals surface area contributed by atoms with Crippen molar-refractivity contribution in [1.29, 1.82) is 0 Å². The molecule has 2 rings (SSSR count). The fourth-order valence-corrected chi connectivity index (χ4v) is 2.19. The van der Waals surface area contributed by atoms with Gasteiger partial charge in [0.2, 0.25) is 0 Å². The minimum absolute atomic E-state index is 0.159. The first kappa shape index (κ1) is 12.5. The average molecular weight is 237 g/mol. The van der Waals surface area contributed by atoms with Crippen LogP contribution < -0.4 is 5.32 Å². The molecule has 1 saturated carbocycles. The second-order valence-electron chi connectivity index (χ2n) is 4.70. The lowest BCUT2D eigenvalue weighted by atomic mass is 9.89. The molecule has 0 atom stereocenters. The Kier molecular flexibility index (Phi) is 4.13. The van der Waals surface area contributed by atoms with Crippen molar-refractivity contribution in [3.05, 3.63) is 35.1 Å². The summed E-state index contributed by atoms with van der Waals surface area (Å²) in [4.78, 5) is 0. The molecule has 0 aliphatic heterocycles. The maximum atomic E-state index is 13.1. The lowest BCUT2D eigenvalue weighted by Crippen LogP contribution is -2.45. The number of nitrogens with one attached hydrogen (secondary N) is 1. The molecule has 17 heavy (non-hydrogen) atoms. The van der Waals surface area contributed by atoms with Gasteiger partial charge >= 0.3 is 0 Å². The highest BCUT2D eigenvalue weighted by atomic mass is 19.1. The van der Waals surface area contributed by atoms with Gasteiger partial charge in [0, 0.05) is 19.2 Å². The van der Waals surface area contributed by atoms with Gasteiger partial charge in [0.25, 0.3) is 0 Å². The van der Waals surface area contributed by atoms with Gasteiger partial charge in [0.05, 0.1) is 6.10 Å². The van der Waals surface area contributed by atoms with Crippen LogP contribution in [0, 0.1) is 12.7 Å². The van der Waals surface area contributed by atoms with E-state index in [2.05, 4.69) is 5.32 Å². The standard InChI is InChI=1S/C14H20FNO/c1-3-17-14-7-13(8-14)16-9-11-6-12(15)5-4-10(11)2/h4-6,13-14,16H,3,7-9H2,1-2H3. The summed E-state index contributed by atoms with van der Waals surface area (Å²) in [5.74, 6) is -0.159. The van der Waals surface area contributed by atoms with Crippen molar-refractivity contribution in [3.8, 4) is 0 Å². The molecule has 0 unspecified atom stereocenters. The minimum Gasteiger partial charge on any atom is -0.378 e. The number of hydrogen-bond acceptors (Lipinski definition) is 2. The molecule has 0 spiro atoms. The molecule has 3 heteroatoms. The SMILES string of the molecule is CCOC1CC(NCc2cc(F)ccc2C)C1. The highest BCUT2D eigenvalue weighted by Crippen LogP contribution is 2.23. The smallest absolute Gasteiger partial charge is 0.123 e. The molecule has 0 bridgehead atoms. The second kappa shape index (κ2) is 5.61. The summed E-state index contributed by atoms with van der Waals surface area (Å²) in [5.41, 5.74) is 2.18. The number of halogens is 1. The molecule has 1 N–H and O–H groups in total. The second-order valence-corrected chi connectivity index (χ2v) is 4.70. The first-order valence-electron chi connectivity index (χ1n) is 6.29. The normalized spacial score (nSPS) is 23.5. The summed E-state index contributed by atoms with van der Waals surface area (Å²) in [6, 6.07) is 5.47. The average Bonchev–Trinajstić information content (AvgIpc) is 2.26. The monoisotopic (exact) mass is 237 g/mol. The van der Waals surface area contributed by atoms with E-state index in [-0.39, 0.29) is 5.82 Å². The van der Waals surface area contributed by atoms with Gasteiger partial charge in [-0.15, -0.1) is 0 Å². The Hall–Kier alpha value is -0.930. The van der Waals surface area contributed by atoms with E-state index in [4.69, 9.17) is 4.74 Å². The lowest BCUT2D eigenvalue weighted by Gasteiger charge is -2.35. The maximum Gasteiger partial charge on any atom is 0.123 e. The summed E-state index contributed by atoms with van der Waals surface area (Å²) in [6.45, 7) is 5.57. The summed E-state index contributed by atoms with van der Waals surface area (Å²) < 4.78 is 18.6. The topological polar surface area (TPSA) is 21.3 Å². The van der Waals surface area contributed by atoms with Crippen molar-refractivity contribution in [1.82, 2.24) is 5.32 Å². The van der Waals surface area contributed by atoms with E-state index in [0.29, 0.717) is 12.1 Å². The maximum absolute atomic E-state index is 13.1. The van der Waals surface area contributed by atoms with Gasteiger partial charge in [-0.25, -0.2) is 4.39 Å². The van der Waals surface area contributed by atoms with E-state index >= 15 is 0 Å². The zero-order chi connectivity index (χ0) is 12.3. The summed E-state index contributed by atoms with van der Waals surface area (Å²) >= 11 is 0. The van der Waals surface area contributed by atoms with Gasteiger partial charge < -0.3 is 10.1 Å². The molecule has 1 fully saturated rings. The highest BCUT2D eigenvalue weighted by Gasteiger charge is 2.28. The van der Waals surface area contributed by atoms with E-state index < -0.39 is 0 Å². The quantitative estimate of drug-likeness (QED) is 0.850. The highest BCUT2D eigenvalue weighted by molar-refractivity contribution is 5.26. The molecular weight excluding hydrogens is 217 g/mol. The van der Waals surface area contributed by atoms with Crippen molar-refractivity contribution in [2.45, 2.75) is 45.4 Å². The first-order chi connectivity index (χ1) is 8.19. The van der Waals surface area contributed by atoms with Crippen LogP contribution in [-0.2, 0) is 11.3 Å². The number of aryl methyl sites for hydroxylation is 1. The van der Waals surface area contributed by atoms with Crippen LogP contribution in [0.1, 0.15) is 30.9 Å². The molecular formula is C14H20FNO. The third-order valence-corrected chi connectivity index (χ3v) is 3.39. The predicted octanol–water partition coefficient (Wildman–Crippen LogP) is 2.79. The van der Waals surface area contributed by atoms with E-state index in [9.17, 15) is 4.39 Å². The number of rotatable bonds is 5. The van der Waals surface area contributed by atoms with E-state index in [1.807, 2.05) is 19.9 Å². The molecule has 0 amide bonds. The van der Waals surface area contributed by atoms with Gasteiger partial charge in [0.15, 0.2) is 0 Å². The summed E-state index contributed by atoms with van der Waals surface area (Å²) in [6.07, 6.45) is 2.57. The molecule has 0 aromatic heterocycles. The van der Waals surface area contributed by atoms with Crippen molar-refractivity contribution >= 4 is 0 Å². The van der Waals surface area contributed by atoms with Crippen LogP contribution in [-0.4, -0.2) is 18.8 Å². The van der Waals surface area contributed by atoms with Crippen molar-refractivity contribution in [2.24, 2.45) is 0 Å². The first-order valence-corrected chi connectivity index (χ1v) is 6.29. The van der Waals surface area contributed by atoms with Gasteiger partial charge in [-0.05, 0) is 49.9 Å². The van der Waals surface area contributed by atoms with Crippen LogP contribution in [0.5, 0.6) is 0 Å². The third-order valence-electron chi connectivity index (χ3n) is 3.39. The van der Waals surface area contributed by atoms with E-state index in [1.54, 1.807) is 6.07 Å². The van der Waals surface area contributed by atoms with Crippen molar-refractivity contribution in [2.75, 3.05) is 6.61 Å². The molecule has 0 heterocycles. The Morgan fingerprint density at radius 3 is 2.88 bits per heavy atom. The molecule has 1 aliphatic rings. The lowest BCUT2D eigenvalue weighted by molar-refractivity contribution is -0.0102.